The van der Waals surface area contributed by atoms with Crippen molar-refractivity contribution in [1.29, 1.82) is 5.26 Å². The number of nitriles is 1. The van der Waals surface area contributed by atoms with Crippen LogP contribution in [0.4, 0.5) is 0 Å². The summed E-state index contributed by atoms with van der Waals surface area (Å²) in [5.41, 5.74) is 2.60. The molecule has 1 aliphatic rings. The molecule has 1 fully saturated rings. The summed E-state index contributed by atoms with van der Waals surface area (Å²) in [4.78, 5) is 0. The minimum Gasteiger partial charge on any atom is -0.306 e. The third-order valence-corrected chi connectivity index (χ3v) is 3.93. The molecule has 0 heterocycles. The van der Waals surface area contributed by atoms with Gasteiger partial charge in [-0.3, -0.25) is 0 Å². The summed E-state index contributed by atoms with van der Waals surface area (Å²) in [5.74, 6) is 0.598. The van der Waals surface area contributed by atoms with E-state index >= 15 is 0 Å². The van der Waals surface area contributed by atoms with E-state index in [2.05, 4.69) is 53.9 Å². The molecule has 1 N–H and O–H groups in total. The van der Waals surface area contributed by atoms with Crippen LogP contribution in [0, 0.1) is 11.3 Å². The van der Waals surface area contributed by atoms with Crippen molar-refractivity contribution in [3.63, 3.8) is 0 Å². The van der Waals surface area contributed by atoms with Crippen LogP contribution in [0.1, 0.15) is 35.9 Å². The third-order valence-electron chi connectivity index (χ3n) is 3.93. The molecular weight excluding hydrogens is 244 g/mol. The minimum absolute atomic E-state index is 0.139. The number of nitrogens with one attached hydrogen (secondary N) is 1. The molecule has 20 heavy (non-hydrogen) atoms. The van der Waals surface area contributed by atoms with E-state index in [1.165, 1.54) is 17.5 Å². The fraction of sp³-hybridized carbons (Fsp3) is 0.278. The normalized spacial score (nSPS) is 21.9. The van der Waals surface area contributed by atoms with Crippen LogP contribution < -0.4 is 5.32 Å². The Balaban J connectivity index is 1.66. The Hall–Kier alpha value is -2.11. The average Bonchev–Trinajstić information content (AvgIpc) is 3.28. The van der Waals surface area contributed by atoms with Gasteiger partial charge in [-0.2, -0.15) is 5.26 Å². The number of rotatable bonds is 5. The molecule has 0 aliphatic heterocycles. The van der Waals surface area contributed by atoms with Crippen molar-refractivity contribution in [3.8, 4) is 6.07 Å². The Bertz CT molecular complexity index is 586. The molecule has 3 unspecified atom stereocenters. The van der Waals surface area contributed by atoms with E-state index in [0.717, 1.165) is 0 Å². The third kappa shape index (κ3) is 2.89. The summed E-state index contributed by atoms with van der Waals surface area (Å²) in [6.45, 7) is 0. The summed E-state index contributed by atoms with van der Waals surface area (Å²) < 4.78 is 0. The monoisotopic (exact) mass is 262 g/mol. The predicted molar refractivity (Wildman–Crippen MR) is 80.1 cm³/mol. The Kier molecular flexibility index (Phi) is 3.80. The molecule has 3 atom stereocenters. The molecule has 0 radical (unpaired) electrons. The van der Waals surface area contributed by atoms with Gasteiger partial charge in [-0.25, -0.2) is 0 Å². The lowest BCUT2D eigenvalue weighted by Gasteiger charge is -2.16. The zero-order valence-electron chi connectivity index (χ0n) is 11.4. The second kappa shape index (κ2) is 5.90. The summed E-state index contributed by atoms with van der Waals surface area (Å²) >= 11 is 0. The van der Waals surface area contributed by atoms with Gasteiger partial charge in [-0.15, -0.1) is 0 Å². The first-order valence-corrected chi connectivity index (χ1v) is 7.11. The van der Waals surface area contributed by atoms with Crippen molar-refractivity contribution in [3.05, 3.63) is 71.8 Å². The van der Waals surface area contributed by atoms with Gasteiger partial charge in [0.1, 0.15) is 0 Å². The van der Waals surface area contributed by atoms with Gasteiger partial charge in [0, 0.05) is 18.0 Å². The van der Waals surface area contributed by atoms with Crippen LogP contribution in [-0.2, 0) is 0 Å². The first kappa shape index (κ1) is 12.9. The van der Waals surface area contributed by atoms with Crippen LogP contribution in [0.15, 0.2) is 60.7 Å². The largest absolute Gasteiger partial charge is 0.306 e. The topological polar surface area (TPSA) is 35.8 Å². The van der Waals surface area contributed by atoms with Crippen molar-refractivity contribution in [2.45, 2.75) is 30.8 Å². The standard InChI is InChI=1S/C18H18N2/c19-12-11-17(15-9-5-2-6-10-15)20-18-13-16(18)14-7-3-1-4-8-14/h1-10,16-18,20H,11,13H2. The second-order valence-electron chi connectivity index (χ2n) is 5.35. The van der Waals surface area contributed by atoms with Gasteiger partial charge in [0.15, 0.2) is 0 Å². The van der Waals surface area contributed by atoms with Crippen molar-refractivity contribution in [1.82, 2.24) is 5.32 Å². The lowest BCUT2D eigenvalue weighted by molar-refractivity contribution is 0.532. The highest BCUT2D eigenvalue weighted by molar-refractivity contribution is 5.29. The zero-order valence-corrected chi connectivity index (χ0v) is 11.4. The van der Waals surface area contributed by atoms with Crippen LogP contribution in [0.3, 0.4) is 0 Å². The fourth-order valence-electron chi connectivity index (χ4n) is 2.76. The number of nitrogens with zero attached hydrogens (tertiary/aromatic N) is 1. The molecule has 1 saturated carbocycles. The summed E-state index contributed by atoms with van der Waals surface area (Å²) in [6, 6.07) is 23.8. The maximum absolute atomic E-state index is 9.02. The number of hydrogen-bond donors (Lipinski definition) is 1. The molecule has 0 spiro atoms. The van der Waals surface area contributed by atoms with E-state index in [1.54, 1.807) is 0 Å². The zero-order chi connectivity index (χ0) is 13.8. The maximum Gasteiger partial charge on any atom is 0.0641 e. The van der Waals surface area contributed by atoms with E-state index in [9.17, 15) is 0 Å². The highest BCUT2D eigenvalue weighted by Crippen LogP contribution is 2.42. The van der Waals surface area contributed by atoms with Crippen LogP contribution in [-0.4, -0.2) is 6.04 Å². The smallest absolute Gasteiger partial charge is 0.0641 e. The van der Waals surface area contributed by atoms with Crippen LogP contribution in [0.25, 0.3) is 0 Å². The Morgan fingerprint density at radius 3 is 2.35 bits per heavy atom. The highest BCUT2D eigenvalue weighted by Gasteiger charge is 2.39. The van der Waals surface area contributed by atoms with Crippen molar-refractivity contribution in [2.24, 2.45) is 0 Å². The molecule has 100 valence electrons. The van der Waals surface area contributed by atoms with E-state index in [-0.39, 0.29) is 6.04 Å². The van der Waals surface area contributed by atoms with Crippen molar-refractivity contribution in [2.75, 3.05) is 0 Å². The predicted octanol–water partition coefficient (Wildman–Crippen LogP) is 3.79. The lowest BCUT2D eigenvalue weighted by Crippen LogP contribution is -2.24. The molecule has 2 aromatic rings. The molecule has 0 amide bonds. The van der Waals surface area contributed by atoms with E-state index in [0.29, 0.717) is 18.4 Å². The van der Waals surface area contributed by atoms with Gasteiger partial charge in [-0.1, -0.05) is 60.7 Å². The van der Waals surface area contributed by atoms with Crippen LogP contribution >= 0.6 is 0 Å². The molecule has 0 aromatic heterocycles. The fourth-order valence-corrected chi connectivity index (χ4v) is 2.76. The van der Waals surface area contributed by atoms with Gasteiger partial charge < -0.3 is 5.32 Å². The molecule has 0 saturated heterocycles. The quantitative estimate of drug-likeness (QED) is 0.890. The van der Waals surface area contributed by atoms with Gasteiger partial charge >= 0.3 is 0 Å². The van der Waals surface area contributed by atoms with E-state index in [4.69, 9.17) is 5.26 Å². The SMILES string of the molecule is N#CCC(NC1CC1c1ccccc1)c1ccccc1. The van der Waals surface area contributed by atoms with Crippen molar-refractivity contribution < 1.29 is 0 Å². The lowest BCUT2D eigenvalue weighted by atomic mass is 10.0. The maximum atomic E-state index is 9.02. The average molecular weight is 262 g/mol. The molecular formula is C18H18N2. The number of hydrogen-bond acceptors (Lipinski definition) is 2. The van der Waals surface area contributed by atoms with Crippen LogP contribution in [0.5, 0.6) is 0 Å². The highest BCUT2D eigenvalue weighted by atomic mass is 15.0. The second-order valence-corrected chi connectivity index (χ2v) is 5.35. The van der Waals surface area contributed by atoms with Gasteiger partial charge in [0.25, 0.3) is 0 Å². The summed E-state index contributed by atoms with van der Waals surface area (Å²) in [7, 11) is 0. The molecule has 2 heteroatoms. The molecule has 3 rings (SSSR count). The Labute approximate surface area is 120 Å². The van der Waals surface area contributed by atoms with Crippen LogP contribution in [0.2, 0.25) is 0 Å². The first-order chi connectivity index (χ1) is 9.88. The van der Waals surface area contributed by atoms with Gasteiger partial charge in [0.2, 0.25) is 0 Å². The Morgan fingerprint density at radius 1 is 1.05 bits per heavy atom. The number of benzene rings is 2. The van der Waals surface area contributed by atoms with E-state index < -0.39 is 0 Å². The van der Waals surface area contributed by atoms with Crippen molar-refractivity contribution >= 4 is 0 Å². The summed E-state index contributed by atoms with van der Waals surface area (Å²) in [5, 5.41) is 12.7. The Morgan fingerprint density at radius 2 is 1.70 bits per heavy atom. The molecule has 1 aliphatic carbocycles. The first-order valence-electron chi connectivity index (χ1n) is 7.11. The minimum atomic E-state index is 0.139. The molecule has 2 nitrogen and oxygen atoms in total. The van der Waals surface area contributed by atoms with Gasteiger partial charge in [-0.05, 0) is 17.5 Å². The van der Waals surface area contributed by atoms with Gasteiger partial charge in [0.05, 0.1) is 12.5 Å². The molecule has 2 aromatic carbocycles. The summed E-state index contributed by atoms with van der Waals surface area (Å²) in [6.07, 6.45) is 1.68. The van der Waals surface area contributed by atoms with E-state index in [1.807, 2.05) is 18.2 Å². The molecule has 0 bridgehead atoms.